The number of methoxy groups -OCH3 is 2. The summed E-state index contributed by atoms with van der Waals surface area (Å²) in [7, 11) is -0.918. The lowest BCUT2D eigenvalue weighted by Crippen LogP contribution is -2.22. The number of aliphatic imine (C=N–C) groups is 1. The van der Waals surface area contributed by atoms with Gasteiger partial charge in [-0.05, 0) is 24.1 Å². The fourth-order valence-corrected chi connectivity index (χ4v) is 4.99. The summed E-state index contributed by atoms with van der Waals surface area (Å²) in [5, 5.41) is 12.8. The second-order valence-corrected chi connectivity index (χ2v) is 9.32. The van der Waals surface area contributed by atoms with Crippen LogP contribution < -0.4 is 19.3 Å². The van der Waals surface area contributed by atoms with Gasteiger partial charge in [0, 0.05) is 23.8 Å². The first-order chi connectivity index (χ1) is 13.8. The van der Waals surface area contributed by atoms with Crippen LogP contribution in [0.25, 0.3) is 0 Å². The van der Waals surface area contributed by atoms with Gasteiger partial charge in [0.2, 0.25) is 0 Å². The Morgan fingerprint density at radius 3 is 2.31 bits per heavy atom. The third-order valence-corrected chi connectivity index (χ3v) is 6.87. The summed E-state index contributed by atoms with van der Waals surface area (Å²) in [6.45, 7) is 0. The van der Waals surface area contributed by atoms with Crippen LogP contribution in [-0.4, -0.2) is 28.5 Å². The fraction of sp³-hybridized carbons (Fsp3) is 0.105. The van der Waals surface area contributed by atoms with Crippen LogP contribution in [0.5, 0.6) is 11.5 Å². The van der Waals surface area contributed by atoms with Crippen molar-refractivity contribution >= 4 is 50.2 Å². The number of hydrogen-bond acceptors (Lipinski definition) is 7. The van der Waals surface area contributed by atoms with Crippen LogP contribution in [0.1, 0.15) is 5.56 Å². The van der Waals surface area contributed by atoms with E-state index < -0.39 is 15.9 Å². The minimum atomic E-state index is -3.89. The van der Waals surface area contributed by atoms with Gasteiger partial charge < -0.3 is 14.6 Å². The Hall–Kier alpha value is -2.75. The number of para-hydroxylation sites is 1. The van der Waals surface area contributed by atoms with Crippen molar-refractivity contribution in [3.05, 3.63) is 64.5 Å². The number of sulfonamides is 1. The van der Waals surface area contributed by atoms with Gasteiger partial charge in [0.15, 0.2) is 0 Å². The van der Waals surface area contributed by atoms with Gasteiger partial charge in [-0.15, -0.1) is 11.3 Å². The average molecular weight is 452 g/mol. The third kappa shape index (κ3) is 5.00. The van der Waals surface area contributed by atoms with E-state index in [2.05, 4.69) is 9.71 Å². The lowest BCUT2D eigenvalue weighted by atomic mass is 10.2. The van der Waals surface area contributed by atoms with Gasteiger partial charge in [-0.2, -0.15) is 0 Å². The van der Waals surface area contributed by atoms with Gasteiger partial charge in [0.05, 0.1) is 29.9 Å². The fourth-order valence-electron chi connectivity index (χ4n) is 2.43. The van der Waals surface area contributed by atoms with Crippen LogP contribution in [0.2, 0.25) is 4.34 Å². The summed E-state index contributed by atoms with van der Waals surface area (Å²) < 4.78 is 38.3. The standard InChI is InChI=1S/C19H17ClN2O5S2/c1-26-13-9-12(10-14(11-13)27-2)21-19(23)15-5-3-4-6-16(15)22-29(24,25)18-8-7-17(20)28-18/h3-11,22H,1-2H3,(H,21,23)/p-1. The highest BCUT2D eigenvalue weighted by Gasteiger charge is 2.18. The molecule has 10 heteroatoms. The van der Waals surface area contributed by atoms with Crippen LogP contribution in [-0.2, 0) is 10.0 Å². The molecule has 0 aliphatic rings. The highest BCUT2D eigenvalue weighted by molar-refractivity contribution is 7.94. The van der Waals surface area contributed by atoms with Crippen molar-refractivity contribution in [2.45, 2.75) is 4.21 Å². The maximum Gasteiger partial charge on any atom is 0.271 e. The summed E-state index contributed by atoms with van der Waals surface area (Å²) in [4.78, 5) is 4.06. The van der Waals surface area contributed by atoms with Crippen molar-refractivity contribution in [1.82, 2.24) is 0 Å². The van der Waals surface area contributed by atoms with E-state index >= 15 is 0 Å². The maximum absolute atomic E-state index is 12.8. The number of nitrogens with one attached hydrogen (secondary N) is 1. The minimum Gasteiger partial charge on any atom is -0.858 e. The van der Waals surface area contributed by atoms with Crippen LogP contribution >= 0.6 is 22.9 Å². The summed E-state index contributed by atoms with van der Waals surface area (Å²) >= 11 is 6.75. The van der Waals surface area contributed by atoms with Gasteiger partial charge in [-0.3, -0.25) is 9.71 Å². The van der Waals surface area contributed by atoms with Crippen molar-refractivity contribution in [3.8, 4) is 11.5 Å². The van der Waals surface area contributed by atoms with Crippen LogP contribution in [0.15, 0.2) is 63.8 Å². The molecule has 0 atom stereocenters. The molecule has 0 radical (unpaired) electrons. The maximum atomic E-state index is 12.8. The molecule has 0 unspecified atom stereocenters. The Balaban J connectivity index is 1.97. The molecule has 0 amide bonds. The average Bonchev–Trinajstić information content (AvgIpc) is 3.15. The molecule has 7 nitrogen and oxygen atoms in total. The van der Waals surface area contributed by atoms with Crippen molar-refractivity contribution in [2.75, 3.05) is 18.9 Å². The molecule has 0 saturated carbocycles. The molecule has 0 saturated heterocycles. The molecule has 0 fully saturated rings. The Kier molecular flexibility index (Phi) is 6.31. The van der Waals surface area contributed by atoms with Crippen LogP contribution in [0, 0.1) is 0 Å². The SMILES string of the molecule is COc1cc(N=C([O-])c2ccccc2NS(=O)(=O)c2ccc(Cl)s2)cc(OC)c1. The van der Waals surface area contributed by atoms with Crippen molar-refractivity contribution < 1.29 is 23.0 Å². The van der Waals surface area contributed by atoms with Crippen molar-refractivity contribution in [2.24, 2.45) is 4.99 Å². The van der Waals surface area contributed by atoms with E-state index in [-0.39, 0.29) is 15.5 Å². The van der Waals surface area contributed by atoms with Gasteiger partial charge in [-0.25, -0.2) is 8.42 Å². The molecule has 1 aromatic heterocycles. The highest BCUT2D eigenvalue weighted by atomic mass is 35.5. The number of ether oxygens (including phenoxy) is 2. The van der Waals surface area contributed by atoms with E-state index in [0.29, 0.717) is 21.5 Å². The zero-order valence-corrected chi connectivity index (χ0v) is 17.8. The first-order valence-corrected chi connectivity index (χ1v) is 10.9. The van der Waals surface area contributed by atoms with Gasteiger partial charge in [0.25, 0.3) is 10.0 Å². The van der Waals surface area contributed by atoms with Crippen LogP contribution in [0.3, 0.4) is 0 Å². The molecule has 152 valence electrons. The second-order valence-electron chi connectivity index (χ2n) is 5.70. The Labute approximate surface area is 177 Å². The first-order valence-electron chi connectivity index (χ1n) is 8.18. The number of halogens is 1. The number of benzene rings is 2. The van der Waals surface area contributed by atoms with E-state index in [9.17, 15) is 13.5 Å². The molecule has 1 heterocycles. The summed E-state index contributed by atoms with van der Waals surface area (Å²) in [5.41, 5.74) is 0.523. The number of anilines is 1. The van der Waals surface area contributed by atoms with Gasteiger partial charge in [0.1, 0.15) is 15.7 Å². The zero-order chi connectivity index (χ0) is 21.0. The van der Waals surface area contributed by atoms with Crippen molar-refractivity contribution in [1.29, 1.82) is 0 Å². The number of hydrogen-bond donors (Lipinski definition) is 1. The van der Waals surface area contributed by atoms with Gasteiger partial charge in [-0.1, -0.05) is 29.8 Å². The van der Waals surface area contributed by atoms with E-state index in [1.54, 1.807) is 30.3 Å². The molecular formula is C19H16ClN2O5S2-. The number of rotatable bonds is 7. The number of nitrogens with zero attached hydrogens (tertiary/aromatic N) is 1. The highest BCUT2D eigenvalue weighted by Crippen LogP contribution is 2.30. The molecule has 0 aliphatic heterocycles. The molecule has 3 rings (SSSR count). The summed E-state index contributed by atoms with van der Waals surface area (Å²) in [6, 6.07) is 13.9. The predicted molar refractivity (Wildman–Crippen MR) is 112 cm³/mol. The third-order valence-electron chi connectivity index (χ3n) is 3.78. The van der Waals surface area contributed by atoms with Gasteiger partial charge >= 0.3 is 0 Å². The predicted octanol–water partition coefficient (Wildman–Crippen LogP) is 3.66. The van der Waals surface area contributed by atoms with Crippen LogP contribution in [0.4, 0.5) is 11.4 Å². The first kappa shape index (κ1) is 21.0. The molecule has 0 spiro atoms. The Morgan fingerprint density at radius 2 is 1.72 bits per heavy atom. The smallest absolute Gasteiger partial charge is 0.271 e. The quantitative estimate of drug-likeness (QED) is 0.436. The monoisotopic (exact) mass is 451 g/mol. The Morgan fingerprint density at radius 1 is 1.07 bits per heavy atom. The molecule has 3 aromatic rings. The molecule has 29 heavy (non-hydrogen) atoms. The second kappa shape index (κ2) is 8.73. The topological polar surface area (TPSA) is 100 Å². The normalized spacial score (nSPS) is 11.9. The molecular weight excluding hydrogens is 436 g/mol. The largest absolute Gasteiger partial charge is 0.858 e. The van der Waals surface area contributed by atoms with E-state index in [4.69, 9.17) is 21.1 Å². The molecule has 1 N–H and O–H groups in total. The zero-order valence-electron chi connectivity index (χ0n) is 15.4. The lowest BCUT2D eigenvalue weighted by Gasteiger charge is -2.17. The number of thiophene rings is 1. The minimum absolute atomic E-state index is 0.0409. The Bertz CT molecular complexity index is 1140. The summed E-state index contributed by atoms with van der Waals surface area (Å²) in [6.07, 6.45) is 0. The lowest BCUT2D eigenvalue weighted by molar-refractivity contribution is -0.212. The summed E-state index contributed by atoms with van der Waals surface area (Å²) in [5.74, 6) is 0.321. The molecule has 0 aliphatic carbocycles. The molecule has 0 bridgehead atoms. The van der Waals surface area contributed by atoms with Crippen molar-refractivity contribution in [3.63, 3.8) is 0 Å². The van der Waals surface area contributed by atoms with E-state index in [1.165, 1.54) is 38.5 Å². The van der Waals surface area contributed by atoms with E-state index in [1.807, 2.05) is 0 Å². The van der Waals surface area contributed by atoms with E-state index in [0.717, 1.165) is 11.3 Å². The molecule has 2 aromatic carbocycles.